The summed E-state index contributed by atoms with van der Waals surface area (Å²) in [5.74, 6) is -0.231. The van der Waals surface area contributed by atoms with Gasteiger partial charge in [0, 0.05) is 38.3 Å². The molecule has 34 heavy (non-hydrogen) atoms. The average molecular weight is 457 g/mol. The molecule has 0 aliphatic heterocycles. The molecule has 9 nitrogen and oxygen atoms in total. The summed E-state index contributed by atoms with van der Waals surface area (Å²) in [5, 5.41) is 14.3. The average Bonchev–Trinajstić information content (AvgIpc) is 3.17. The molecule has 0 radical (unpaired) electrons. The zero-order valence-corrected chi connectivity index (χ0v) is 19.0. The zero-order chi connectivity index (χ0) is 24.4. The Labute approximate surface area is 195 Å². The number of carbonyl (C=O) groups excluding carboxylic acids is 2. The Balaban J connectivity index is 1.60. The minimum Gasteiger partial charge on any atom is -0.372 e. The van der Waals surface area contributed by atoms with E-state index in [1.807, 2.05) is 35.9 Å². The highest BCUT2D eigenvalue weighted by atomic mass is 16.6. The molecule has 0 fully saturated rings. The summed E-state index contributed by atoms with van der Waals surface area (Å²) in [4.78, 5) is 43.4. The third-order valence-electron chi connectivity index (χ3n) is 5.62. The first-order valence-electron chi connectivity index (χ1n) is 10.6. The lowest BCUT2D eigenvalue weighted by atomic mass is 9.97. The van der Waals surface area contributed by atoms with Gasteiger partial charge < -0.3 is 14.8 Å². The molecule has 1 heterocycles. The normalized spacial score (nSPS) is 10.8. The summed E-state index contributed by atoms with van der Waals surface area (Å²) < 4.78 is 1.90. The van der Waals surface area contributed by atoms with Crippen molar-refractivity contribution in [2.45, 2.75) is 6.54 Å². The fourth-order valence-electron chi connectivity index (χ4n) is 3.83. The van der Waals surface area contributed by atoms with Gasteiger partial charge in [0.05, 0.1) is 28.1 Å². The highest BCUT2D eigenvalue weighted by Gasteiger charge is 2.23. The van der Waals surface area contributed by atoms with Gasteiger partial charge in [-0.05, 0) is 30.3 Å². The van der Waals surface area contributed by atoms with Crippen LogP contribution in [0.1, 0.15) is 32.1 Å². The van der Waals surface area contributed by atoms with Gasteiger partial charge in [0.1, 0.15) is 11.5 Å². The summed E-state index contributed by atoms with van der Waals surface area (Å²) >= 11 is 0. The smallest absolute Gasteiger partial charge is 0.293 e. The Morgan fingerprint density at radius 1 is 1.03 bits per heavy atom. The Morgan fingerprint density at radius 3 is 2.38 bits per heavy atom. The number of benzene rings is 3. The van der Waals surface area contributed by atoms with Gasteiger partial charge in [-0.3, -0.25) is 19.7 Å². The van der Waals surface area contributed by atoms with Crippen LogP contribution in [0.25, 0.3) is 11.0 Å². The van der Waals surface area contributed by atoms with Crippen molar-refractivity contribution in [1.29, 1.82) is 0 Å². The summed E-state index contributed by atoms with van der Waals surface area (Å²) in [6, 6.07) is 18.4. The summed E-state index contributed by atoms with van der Waals surface area (Å²) in [5.41, 5.74) is 2.46. The molecule has 4 rings (SSSR count). The van der Waals surface area contributed by atoms with Crippen LogP contribution in [0, 0.1) is 10.1 Å². The minimum absolute atomic E-state index is 0.132. The van der Waals surface area contributed by atoms with Crippen molar-refractivity contribution < 1.29 is 14.5 Å². The van der Waals surface area contributed by atoms with Crippen molar-refractivity contribution in [2.24, 2.45) is 7.05 Å². The first kappa shape index (κ1) is 22.7. The number of hydrogen-bond donors (Lipinski definition) is 1. The van der Waals surface area contributed by atoms with Gasteiger partial charge >= 0.3 is 0 Å². The molecule has 172 valence electrons. The standard InChI is InChI=1S/C25H23N5O4/c1-28(2)21-13-12-16(14-22(21)30(33)34)24(31)17-8-4-5-9-18(17)25(32)26-15-23-27-19-10-6-7-11-20(19)29(23)3/h4-14H,15H2,1-3H3,(H,26,32). The molecule has 0 saturated carbocycles. The summed E-state index contributed by atoms with van der Waals surface area (Å²) in [6.45, 7) is 0.176. The van der Waals surface area contributed by atoms with Gasteiger partial charge in [-0.15, -0.1) is 0 Å². The maximum Gasteiger partial charge on any atom is 0.293 e. The van der Waals surface area contributed by atoms with Gasteiger partial charge in [0.2, 0.25) is 0 Å². The number of anilines is 1. The van der Waals surface area contributed by atoms with E-state index in [-0.39, 0.29) is 28.9 Å². The van der Waals surface area contributed by atoms with E-state index in [0.29, 0.717) is 11.5 Å². The number of fused-ring (bicyclic) bond motifs is 1. The lowest BCUT2D eigenvalue weighted by Gasteiger charge is -2.14. The Bertz CT molecular complexity index is 1420. The van der Waals surface area contributed by atoms with Crippen molar-refractivity contribution in [3.8, 4) is 0 Å². The lowest BCUT2D eigenvalue weighted by Crippen LogP contribution is -2.26. The first-order chi connectivity index (χ1) is 16.3. The Morgan fingerprint density at radius 2 is 1.71 bits per heavy atom. The molecular weight excluding hydrogens is 434 g/mol. The van der Waals surface area contributed by atoms with Gasteiger partial charge in [-0.2, -0.15) is 0 Å². The third kappa shape index (κ3) is 4.23. The second-order valence-electron chi connectivity index (χ2n) is 7.99. The molecule has 0 saturated heterocycles. The number of nitro benzene ring substituents is 1. The molecule has 4 aromatic rings. The molecule has 3 aromatic carbocycles. The van der Waals surface area contributed by atoms with Gasteiger partial charge in [0.15, 0.2) is 5.78 Å². The summed E-state index contributed by atoms with van der Waals surface area (Å²) in [7, 11) is 5.25. The molecule has 9 heteroatoms. The largest absolute Gasteiger partial charge is 0.372 e. The van der Waals surface area contributed by atoms with Crippen LogP contribution < -0.4 is 10.2 Å². The van der Waals surface area contributed by atoms with Crippen LogP contribution in [-0.4, -0.2) is 40.3 Å². The second-order valence-corrected chi connectivity index (χ2v) is 7.99. The SMILES string of the molecule is CN(C)c1ccc(C(=O)c2ccccc2C(=O)NCc2nc3ccccc3n2C)cc1[N+](=O)[O-]. The number of para-hydroxylation sites is 2. The molecule has 0 aliphatic rings. The molecule has 1 N–H and O–H groups in total. The molecule has 0 unspecified atom stereocenters. The topological polar surface area (TPSA) is 110 Å². The number of aromatic nitrogens is 2. The van der Waals surface area contributed by atoms with Gasteiger partial charge in [0.25, 0.3) is 11.6 Å². The number of nitrogens with zero attached hydrogens (tertiary/aromatic N) is 4. The van der Waals surface area contributed by atoms with E-state index in [1.165, 1.54) is 24.3 Å². The van der Waals surface area contributed by atoms with E-state index >= 15 is 0 Å². The maximum absolute atomic E-state index is 13.2. The van der Waals surface area contributed by atoms with E-state index in [4.69, 9.17) is 0 Å². The Hall–Kier alpha value is -4.53. The van der Waals surface area contributed by atoms with Gasteiger partial charge in [-0.1, -0.05) is 30.3 Å². The van der Waals surface area contributed by atoms with Crippen LogP contribution in [-0.2, 0) is 13.6 Å². The van der Waals surface area contributed by atoms with E-state index in [0.717, 1.165) is 11.0 Å². The predicted octanol–water partition coefficient (Wildman–Crippen LogP) is 3.71. The monoisotopic (exact) mass is 457 g/mol. The quantitative estimate of drug-likeness (QED) is 0.257. The van der Waals surface area contributed by atoms with Crippen LogP contribution in [0.15, 0.2) is 66.7 Å². The number of nitrogens with one attached hydrogen (secondary N) is 1. The highest BCUT2D eigenvalue weighted by Crippen LogP contribution is 2.29. The fraction of sp³-hybridized carbons (Fsp3) is 0.160. The van der Waals surface area contributed by atoms with Crippen LogP contribution in [0.4, 0.5) is 11.4 Å². The first-order valence-corrected chi connectivity index (χ1v) is 10.6. The maximum atomic E-state index is 13.2. The second kappa shape index (κ2) is 9.14. The number of ketones is 1. The van der Waals surface area contributed by atoms with E-state index in [9.17, 15) is 19.7 Å². The minimum atomic E-state index is -0.526. The predicted molar refractivity (Wildman–Crippen MR) is 129 cm³/mol. The molecular formula is C25H23N5O4. The van der Waals surface area contributed by atoms with Crippen LogP contribution >= 0.6 is 0 Å². The number of hydrogen-bond acceptors (Lipinski definition) is 6. The van der Waals surface area contributed by atoms with Gasteiger partial charge in [-0.25, -0.2) is 4.98 Å². The lowest BCUT2D eigenvalue weighted by molar-refractivity contribution is -0.384. The fourth-order valence-corrected chi connectivity index (χ4v) is 3.83. The molecule has 1 aromatic heterocycles. The number of carbonyl (C=O) groups is 2. The molecule has 0 spiro atoms. The molecule has 1 amide bonds. The molecule has 0 aliphatic carbocycles. The zero-order valence-electron chi connectivity index (χ0n) is 19.0. The van der Waals surface area contributed by atoms with Crippen molar-refractivity contribution in [3.05, 3.63) is 99.4 Å². The van der Waals surface area contributed by atoms with E-state index in [2.05, 4.69) is 10.3 Å². The summed E-state index contributed by atoms with van der Waals surface area (Å²) in [6.07, 6.45) is 0. The molecule has 0 atom stereocenters. The third-order valence-corrected chi connectivity index (χ3v) is 5.62. The van der Waals surface area contributed by atoms with Crippen LogP contribution in [0.3, 0.4) is 0 Å². The Kier molecular flexibility index (Phi) is 6.09. The van der Waals surface area contributed by atoms with Crippen LogP contribution in [0.2, 0.25) is 0 Å². The van der Waals surface area contributed by atoms with E-state index < -0.39 is 16.6 Å². The van der Waals surface area contributed by atoms with Crippen molar-refractivity contribution in [2.75, 3.05) is 19.0 Å². The van der Waals surface area contributed by atoms with E-state index in [1.54, 1.807) is 37.2 Å². The van der Waals surface area contributed by atoms with Crippen molar-refractivity contribution >= 4 is 34.1 Å². The number of imidazole rings is 1. The molecule has 0 bridgehead atoms. The van der Waals surface area contributed by atoms with Crippen molar-refractivity contribution in [3.63, 3.8) is 0 Å². The number of nitro groups is 1. The highest BCUT2D eigenvalue weighted by molar-refractivity contribution is 6.15. The number of amides is 1. The number of rotatable bonds is 7. The van der Waals surface area contributed by atoms with Crippen LogP contribution in [0.5, 0.6) is 0 Å². The van der Waals surface area contributed by atoms with Crippen molar-refractivity contribution in [1.82, 2.24) is 14.9 Å². The number of aryl methyl sites for hydroxylation is 1.